The zero-order valence-electron chi connectivity index (χ0n) is 16.8. The Kier molecular flexibility index (Phi) is 5.24. The van der Waals surface area contributed by atoms with Crippen LogP contribution in [-0.2, 0) is 19.6 Å². The fraction of sp³-hybridized carbons (Fsp3) is 0.522. The van der Waals surface area contributed by atoms with Crippen molar-refractivity contribution in [3.05, 3.63) is 69.4 Å². The van der Waals surface area contributed by atoms with E-state index in [1.165, 1.54) is 24.2 Å². The third-order valence-corrected chi connectivity index (χ3v) is 6.77. The first-order chi connectivity index (χ1) is 14.2. The van der Waals surface area contributed by atoms with Crippen LogP contribution in [0.1, 0.15) is 29.2 Å². The number of pyridine rings is 1. The van der Waals surface area contributed by atoms with E-state index >= 15 is 0 Å². The standard InChI is InChI=1S/C23H29FN4O/c24-21-4-1-17(2-5-21)14-26-7-9-27(10-8-26)16-19-3-6-22-20-11-18(12-25-13-20)15-28(22)23(19)29/h1-6,18,20,25H,7-16H2/t18-,20+/m0/s1. The van der Waals surface area contributed by atoms with Crippen LogP contribution in [-0.4, -0.2) is 53.6 Å². The number of rotatable bonds is 4. The molecule has 2 saturated heterocycles. The second-order valence-corrected chi connectivity index (χ2v) is 8.83. The zero-order valence-corrected chi connectivity index (χ0v) is 16.8. The first kappa shape index (κ1) is 19.0. The van der Waals surface area contributed by atoms with Crippen LogP contribution in [0.15, 0.2) is 41.2 Å². The monoisotopic (exact) mass is 396 g/mol. The van der Waals surface area contributed by atoms with Gasteiger partial charge in [0.15, 0.2) is 0 Å². The Labute approximate surface area is 171 Å². The van der Waals surface area contributed by atoms with Gasteiger partial charge in [-0.1, -0.05) is 18.2 Å². The van der Waals surface area contributed by atoms with Gasteiger partial charge < -0.3 is 9.88 Å². The van der Waals surface area contributed by atoms with E-state index in [4.69, 9.17) is 0 Å². The molecule has 0 spiro atoms. The molecule has 0 radical (unpaired) electrons. The largest absolute Gasteiger partial charge is 0.316 e. The van der Waals surface area contributed by atoms with E-state index in [-0.39, 0.29) is 11.4 Å². The summed E-state index contributed by atoms with van der Waals surface area (Å²) in [6.07, 6.45) is 1.21. The van der Waals surface area contributed by atoms with Gasteiger partial charge in [0.1, 0.15) is 5.82 Å². The number of benzene rings is 1. The molecule has 2 atom stereocenters. The van der Waals surface area contributed by atoms with Crippen LogP contribution < -0.4 is 10.9 Å². The average molecular weight is 397 g/mol. The Bertz CT molecular complexity index is 917. The lowest BCUT2D eigenvalue weighted by atomic mass is 9.84. The van der Waals surface area contributed by atoms with E-state index in [0.717, 1.165) is 70.0 Å². The summed E-state index contributed by atoms with van der Waals surface area (Å²) in [4.78, 5) is 17.9. The van der Waals surface area contributed by atoms with Crippen LogP contribution in [0.25, 0.3) is 0 Å². The Balaban J connectivity index is 1.21. The van der Waals surface area contributed by atoms with Crippen molar-refractivity contribution < 1.29 is 4.39 Å². The predicted molar refractivity (Wildman–Crippen MR) is 111 cm³/mol. The first-order valence-electron chi connectivity index (χ1n) is 10.8. The number of nitrogens with one attached hydrogen (secondary N) is 1. The number of aromatic nitrogens is 1. The van der Waals surface area contributed by atoms with Crippen molar-refractivity contribution in [2.75, 3.05) is 39.3 Å². The number of halogens is 1. The first-order valence-corrected chi connectivity index (χ1v) is 10.8. The molecule has 29 heavy (non-hydrogen) atoms. The molecule has 0 aliphatic carbocycles. The molecule has 3 aliphatic heterocycles. The van der Waals surface area contributed by atoms with Crippen molar-refractivity contribution in [1.29, 1.82) is 0 Å². The highest BCUT2D eigenvalue weighted by molar-refractivity contribution is 5.22. The average Bonchev–Trinajstić information content (AvgIpc) is 2.74. The van der Waals surface area contributed by atoms with Gasteiger partial charge in [0.2, 0.25) is 0 Å². The number of fused-ring (bicyclic) bond motifs is 4. The van der Waals surface area contributed by atoms with Crippen LogP contribution in [0, 0.1) is 11.7 Å². The van der Waals surface area contributed by atoms with Crippen LogP contribution in [0.5, 0.6) is 0 Å². The number of piperidine rings is 1. The van der Waals surface area contributed by atoms with E-state index in [1.807, 2.05) is 12.1 Å². The van der Waals surface area contributed by atoms with Gasteiger partial charge in [0.25, 0.3) is 5.56 Å². The Morgan fingerprint density at radius 2 is 1.66 bits per heavy atom. The maximum Gasteiger partial charge on any atom is 0.255 e. The number of piperazine rings is 1. The lowest BCUT2D eigenvalue weighted by Crippen LogP contribution is -2.47. The van der Waals surface area contributed by atoms with Gasteiger partial charge >= 0.3 is 0 Å². The molecule has 1 N–H and O–H groups in total. The van der Waals surface area contributed by atoms with Gasteiger partial charge in [0.05, 0.1) is 0 Å². The van der Waals surface area contributed by atoms with E-state index in [2.05, 4.69) is 31.8 Å². The number of nitrogens with zero attached hydrogens (tertiary/aromatic N) is 3. The molecule has 1 aromatic carbocycles. The lowest BCUT2D eigenvalue weighted by Gasteiger charge is -2.38. The predicted octanol–water partition coefficient (Wildman–Crippen LogP) is 2.01. The summed E-state index contributed by atoms with van der Waals surface area (Å²) in [5, 5.41) is 3.50. The van der Waals surface area contributed by atoms with Crippen LogP contribution in [0.4, 0.5) is 4.39 Å². The Morgan fingerprint density at radius 1 is 0.931 bits per heavy atom. The molecule has 2 aromatic rings. The van der Waals surface area contributed by atoms with Gasteiger partial charge in [0, 0.05) is 69.5 Å². The Hall–Kier alpha value is -2.02. The summed E-state index contributed by atoms with van der Waals surface area (Å²) >= 11 is 0. The molecule has 1 aromatic heterocycles. The molecule has 2 fully saturated rings. The molecule has 0 amide bonds. The molecule has 154 valence electrons. The smallest absolute Gasteiger partial charge is 0.255 e. The second-order valence-electron chi connectivity index (χ2n) is 8.83. The van der Waals surface area contributed by atoms with Gasteiger partial charge in [-0.15, -0.1) is 0 Å². The van der Waals surface area contributed by atoms with E-state index < -0.39 is 0 Å². The maximum absolute atomic E-state index is 13.1. The summed E-state index contributed by atoms with van der Waals surface area (Å²) in [5.41, 5.74) is 3.50. The normalized spacial score (nSPS) is 25.0. The molecule has 0 saturated carbocycles. The minimum atomic E-state index is -0.185. The minimum absolute atomic E-state index is 0.185. The highest BCUT2D eigenvalue weighted by atomic mass is 19.1. The third-order valence-electron chi connectivity index (χ3n) is 6.77. The van der Waals surface area contributed by atoms with Gasteiger partial charge in [-0.05, 0) is 42.6 Å². The fourth-order valence-corrected chi connectivity index (χ4v) is 5.15. The van der Waals surface area contributed by atoms with E-state index in [0.29, 0.717) is 11.8 Å². The van der Waals surface area contributed by atoms with Crippen molar-refractivity contribution in [3.63, 3.8) is 0 Å². The Morgan fingerprint density at radius 3 is 2.41 bits per heavy atom. The summed E-state index contributed by atoms with van der Waals surface area (Å²) in [6, 6.07) is 11.0. The summed E-state index contributed by atoms with van der Waals surface area (Å²) in [7, 11) is 0. The van der Waals surface area contributed by atoms with Crippen molar-refractivity contribution in [3.8, 4) is 0 Å². The number of hydrogen-bond donors (Lipinski definition) is 1. The lowest BCUT2D eigenvalue weighted by molar-refractivity contribution is 0.121. The van der Waals surface area contributed by atoms with Crippen molar-refractivity contribution in [2.24, 2.45) is 5.92 Å². The molecule has 2 bridgehead atoms. The number of hydrogen-bond acceptors (Lipinski definition) is 4. The van der Waals surface area contributed by atoms with Crippen LogP contribution in [0.2, 0.25) is 0 Å². The molecule has 5 nitrogen and oxygen atoms in total. The molecule has 0 unspecified atom stereocenters. The summed E-state index contributed by atoms with van der Waals surface area (Å²) in [5.74, 6) is 0.887. The van der Waals surface area contributed by atoms with E-state index in [1.54, 1.807) is 0 Å². The van der Waals surface area contributed by atoms with Crippen LogP contribution in [0.3, 0.4) is 0 Å². The molecule has 3 aliphatic rings. The fourth-order valence-electron chi connectivity index (χ4n) is 5.15. The second kappa shape index (κ2) is 8.01. The van der Waals surface area contributed by atoms with Gasteiger partial charge in [-0.2, -0.15) is 0 Å². The van der Waals surface area contributed by atoms with Crippen molar-refractivity contribution in [2.45, 2.75) is 32.0 Å². The minimum Gasteiger partial charge on any atom is -0.316 e. The topological polar surface area (TPSA) is 40.5 Å². The highest BCUT2D eigenvalue weighted by Gasteiger charge is 2.31. The quantitative estimate of drug-likeness (QED) is 0.859. The molecule has 6 heteroatoms. The SMILES string of the molecule is O=c1c(CN2CCN(Cc3ccc(F)cc3)CC2)ccc2n1C[C@@H]1CNC[C@H]2C1. The van der Waals surface area contributed by atoms with Crippen molar-refractivity contribution >= 4 is 0 Å². The summed E-state index contributed by atoms with van der Waals surface area (Å²) < 4.78 is 15.1. The zero-order chi connectivity index (χ0) is 19.8. The molecule has 4 heterocycles. The van der Waals surface area contributed by atoms with Gasteiger partial charge in [-0.25, -0.2) is 4.39 Å². The van der Waals surface area contributed by atoms with Crippen LogP contribution >= 0.6 is 0 Å². The van der Waals surface area contributed by atoms with E-state index in [9.17, 15) is 9.18 Å². The third kappa shape index (κ3) is 4.02. The van der Waals surface area contributed by atoms with Crippen molar-refractivity contribution in [1.82, 2.24) is 19.7 Å². The maximum atomic E-state index is 13.1. The molecular formula is C23H29FN4O. The van der Waals surface area contributed by atoms with Gasteiger partial charge in [-0.3, -0.25) is 14.6 Å². The molecular weight excluding hydrogens is 367 g/mol. The molecule has 5 rings (SSSR count). The highest BCUT2D eigenvalue weighted by Crippen LogP contribution is 2.31. The summed E-state index contributed by atoms with van der Waals surface area (Å²) in [6.45, 7) is 8.32.